The number of amides is 2. The molecule has 0 spiro atoms. The Morgan fingerprint density at radius 3 is 2.33 bits per heavy atom. The first-order valence-corrected chi connectivity index (χ1v) is 8.14. The molecule has 7 nitrogen and oxygen atoms in total. The molecule has 0 aromatic heterocycles. The molecule has 0 saturated carbocycles. The number of carbonyl (C=O) groups excluding carboxylic acids is 2. The van der Waals surface area contributed by atoms with Gasteiger partial charge in [0, 0.05) is 29.3 Å². The van der Waals surface area contributed by atoms with Gasteiger partial charge in [-0.05, 0) is 36.6 Å². The molecule has 0 bridgehead atoms. The number of nitrogens with one attached hydrogen (secondary N) is 2. The van der Waals surface area contributed by atoms with Gasteiger partial charge in [0.05, 0.1) is 4.92 Å². The summed E-state index contributed by atoms with van der Waals surface area (Å²) in [4.78, 5) is 34.8. The Morgan fingerprint density at radius 2 is 1.75 bits per heavy atom. The zero-order chi connectivity index (χ0) is 17.7. The molecule has 8 heteroatoms. The molecule has 0 saturated heterocycles. The molecular formula is C16H15N3O4S. The van der Waals surface area contributed by atoms with Crippen LogP contribution in [0.25, 0.3) is 0 Å². The van der Waals surface area contributed by atoms with E-state index in [0.29, 0.717) is 11.4 Å². The summed E-state index contributed by atoms with van der Waals surface area (Å²) in [5, 5.41) is 16.3. The molecule has 2 N–H and O–H groups in total. The van der Waals surface area contributed by atoms with Crippen molar-refractivity contribution >= 4 is 40.6 Å². The van der Waals surface area contributed by atoms with Gasteiger partial charge in [0.1, 0.15) is 5.56 Å². The third kappa shape index (κ3) is 4.32. The van der Waals surface area contributed by atoms with E-state index in [1.54, 1.807) is 30.3 Å². The van der Waals surface area contributed by atoms with Crippen LogP contribution in [0, 0.1) is 10.1 Å². The number of thioether (sulfide) groups is 1. The fourth-order valence-electron chi connectivity index (χ4n) is 2.06. The molecule has 0 atom stereocenters. The standard InChI is InChI=1S/C16H15N3O4S/c1-10(20)17-11-4-3-5-12(8-11)18-16(21)14-9-13(24-2)6-7-15(14)19(22)23/h3-9H,1-2H3,(H,17,20)(H,18,21). The van der Waals surface area contributed by atoms with Crippen LogP contribution in [0.2, 0.25) is 0 Å². The van der Waals surface area contributed by atoms with Crippen LogP contribution >= 0.6 is 11.8 Å². The molecule has 2 aromatic rings. The summed E-state index contributed by atoms with van der Waals surface area (Å²) in [5.41, 5.74) is 0.669. The second-order valence-electron chi connectivity index (χ2n) is 4.86. The van der Waals surface area contributed by atoms with Crippen LogP contribution < -0.4 is 10.6 Å². The van der Waals surface area contributed by atoms with Gasteiger partial charge in [-0.1, -0.05) is 6.07 Å². The maximum Gasteiger partial charge on any atom is 0.282 e. The van der Waals surface area contributed by atoms with Crippen LogP contribution in [0.5, 0.6) is 0 Å². The molecule has 2 amide bonds. The highest BCUT2D eigenvalue weighted by Crippen LogP contribution is 2.26. The first-order valence-electron chi connectivity index (χ1n) is 6.92. The normalized spacial score (nSPS) is 10.1. The molecule has 0 radical (unpaired) electrons. The molecule has 0 aliphatic rings. The monoisotopic (exact) mass is 345 g/mol. The van der Waals surface area contributed by atoms with Gasteiger partial charge < -0.3 is 10.6 Å². The highest BCUT2D eigenvalue weighted by Gasteiger charge is 2.20. The van der Waals surface area contributed by atoms with Crippen LogP contribution in [-0.4, -0.2) is 23.0 Å². The number of rotatable bonds is 5. The fraction of sp³-hybridized carbons (Fsp3) is 0.125. The fourth-order valence-corrected chi connectivity index (χ4v) is 2.50. The number of nitro benzene ring substituents is 1. The summed E-state index contributed by atoms with van der Waals surface area (Å²) < 4.78 is 0. The number of anilines is 2. The average Bonchev–Trinajstić information content (AvgIpc) is 2.53. The Hall–Kier alpha value is -2.87. The Morgan fingerprint density at radius 1 is 1.08 bits per heavy atom. The molecule has 0 aliphatic heterocycles. The van der Waals surface area contributed by atoms with E-state index in [1.807, 2.05) is 6.26 Å². The summed E-state index contributed by atoms with van der Waals surface area (Å²) >= 11 is 1.39. The predicted octanol–water partition coefficient (Wildman–Crippen LogP) is 3.53. The van der Waals surface area contributed by atoms with Crippen LogP contribution in [0.4, 0.5) is 17.1 Å². The van der Waals surface area contributed by atoms with Gasteiger partial charge >= 0.3 is 0 Å². The van der Waals surface area contributed by atoms with Crippen molar-refractivity contribution in [2.24, 2.45) is 0 Å². The first-order chi connectivity index (χ1) is 11.4. The van der Waals surface area contributed by atoms with Crippen LogP contribution in [0.15, 0.2) is 47.4 Å². The molecule has 2 rings (SSSR count). The van der Waals surface area contributed by atoms with Gasteiger partial charge in [-0.3, -0.25) is 19.7 Å². The van der Waals surface area contributed by atoms with Crippen molar-refractivity contribution in [1.82, 2.24) is 0 Å². The van der Waals surface area contributed by atoms with E-state index in [2.05, 4.69) is 10.6 Å². The molecule has 0 aliphatic carbocycles. The van der Waals surface area contributed by atoms with E-state index in [9.17, 15) is 19.7 Å². The molecule has 24 heavy (non-hydrogen) atoms. The van der Waals surface area contributed by atoms with Crippen LogP contribution in [0.1, 0.15) is 17.3 Å². The number of hydrogen-bond acceptors (Lipinski definition) is 5. The third-order valence-corrected chi connectivity index (χ3v) is 3.81. The van der Waals surface area contributed by atoms with Crippen molar-refractivity contribution in [3.8, 4) is 0 Å². The largest absolute Gasteiger partial charge is 0.326 e. The molecule has 0 heterocycles. The SMILES string of the molecule is CSc1ccc([N+](=O)[O-])c(C(=O)Nc2cccc(NC(C)=O)c2)c1. The van der Waals surface area contributed by atoms with Gasteiger partial charge in [-0.15, -0.1) is 11.8 Å². The van der Waals surface area contributed by atoms with Crippen molar-refractivity contribution in [3.63, 3.8) is 0 Å². The predicted molar refractivity (Wildman–Crippen MR) is 93.6 cm³/mol. The van der Waals surface area contributed by atoms with Crippen LogP contribution in [0.3, 0.4) is 0 Å². The molecular weight excluding hydrogens is 330 g/mol. The number of benzene rings is 2. The van der Waals surface area contributed by atoms with E-state index >= 15 is 0 Å². The molecule has 0 fully saturated rings. The van der Waals surface area contributed by atoms with Crippen molar-refractivity contribution in [2.75, 3.05) is 16.9 Å². The average molecular weight is 345 g/mol. The third-order valence-electron chi connectivity index (χ3n) is 3.09. The van der Waals surface area contributed by atoms with Gasteiger partial charge in [0.15, 0.2) is 0 Å². The second-order valence-corrected chi connectivity index (χ2v) is 5.74. The zero-order valence-electron chi connectivity index (χ0n) is 13.0. The van der Waals surface area contributed by atoms with Crippen LogP contribution in [-0.2, 0) is 4.79 Å². The highest BCUT2D eigenvalue weighted by molar-refractivity contribution is 7.98. The van der Waals surface area contributed by atoms with E-state index in [4.69, 9.17) is 0 Å². The summed E-state index contributed by atoms with van der Waals surface area (Å²) in [6.07, 6.45) is 1.82. The Kier molecular flexibility index (Phi) is 5.54. The van der Waals surface area contributed by atoms with E-state index in [-0.39, 0.29) is 17.2 Å². The second kappa shape index (κ2) is 7.60. The van der Waals surface area contributed by atoms with E-state index in [1.165, 1.54) is 30.8 Å². The summed E-state index contributed by atoms with van der Waals surface area (Å²) in [6.45, 7) is 1.38. The lowest BCUT2D eigenvalue weighted by Gasteiger charge is -2.09. The van der Waals surface area contributed by atoms with Crippen molar-refractivity contribution < 1.29 is 14.5 Å². The quantitative estimate of drug-likeness (QED) is 0.490. The minimum atomic E-state index is -0.591. The number of hydrogen-bond donors (Lipinski definition) is 2. The lowest BCUT2D eigenvalue weighted by Crippen LogP contribution is -2.14. The Balaban J connectivity index is 2.29. The summed E-state index contributed by atoms with van der Waals surface area (Å²) in [5.74, 6) is -0.820. The summed E-state index contributed by atoms with van der Waals surface area (Å²) in [7, 11) is 0. The lowest BCUT2D eigenvalue weighted by atomic mass is 10.1. The number of nitrogens with zero attached hydrogens (tertiary/aromatic N) is 1. The first kappa shape index (κ1) is 17.5. The van der Waals surface area contributed by atoms with Gasteiger partial charge in [-0.25, -0.2) is 0 Å². The van der Waals surface area contributed by atoms with Gasteiger partial charge in [0.2, 0.25) is 5.91 Å². The molecule has 124 valence electrons. The van der Waals surface area contributed by atoms with Crippen molar-refractivity contribution in [3.05, 3.63) is 58.1 Å². The van der Waals surface area contributed by atoms with Crippen molar-refractivity contribution in [2.45, 2.75) is 11.8 Å². The van der Waals surface area contributed by atoms with E-state index in [0.717, 1.165) is 4.90 Å². The highest BCUT2D eigenvalue weighted by atomic mass is 32.2. The van der Waals surface area contributed by atoms with Gasteiger partial charge in [0.25, 0.3) is 11.6 Å². The topological polar surface area (TPSA) is 101 Å². The van der Waals surface area contributed by atoms with E-state index < -0.39 is 10.8 Å². The zero-order valence-corrected chi connectivity index (χ0v) is 13.8. The number of carbonyl (C=O) groups is 2. The minimum Gasteiger partial charge on any atom is -0.326 e. The lowest BCUT2D eigenvalue weighted by molar-refractivity contribution is -0.385. The maximum absolute atomic E-state index is 12.4. The Labute approximate surface area is 142 Å². The summed E-state index contributed by atoms with van der Waals surface area (Å²) in [6, 6.07) is 10.9. The minimum absolute atomic E-state index is 0.0169. The van der Waals surface area contributed by atoms with Gasteiger partial charge in [-0.2, -0.15) is 0 Å². The maximum atomic E-state index is 12.4. The van der Waals surface area contributed by atoms with Crippen molar-refractivity contribution in [1.29, 1.82) is 0 Å². The number of nitro groups is 1. The molecule has 2 aromatic carbocycles. The smallest absolute Gasteiger partial charge is 0.282 e. The Bertz CT molecular complexity index is 808. The molecule has 0 unspecified atom stereocenters.